The molecule has 1 aliphatic heterocycles. The summed E-state index contributed by atoms with van der Waals surface area (Å²) in [7, 11) is 1.76. The molecule has 0 aromatic rings. The van der Waals surface area contributed by atoms with E-state index in [2.05, 4.69) is 5.32 Å². The number of ether oxygens (including phenoxy) is 2. The van der Waals surface area contributed by atoms with E-state index in [0.29, 0.717) is 25.4 Å². The Kier molecular flexibility index (Phi) is 3.38. The third-order valence-electron chi connectivity index (χ3n) is 3.23. The maximum absolute atomic E-state index is 9.58. The summed E-state index contributed by atoms with van der Waals surface area (Å²) >= 11 is 0. The third kappa shape index (κ3) is 2.08. The van der Waals surface area contributed by atoms with Gasteiger partial charge < -0.3 is 19.9 Å². The Hall–Kier alpha value is -0.160. The normalized spacial score (nSPS) is 43.3. The van der Waals surface area contributed by atoms with Gasteiger partial charge in [-0.05, 0) is 19.3 Å². The Labute approximate surface area is 84.6 Å². The van der Waals surface area contributed by atoms with Crippen LogP contribution in [0.4, 0.5) is 0 Å². The van der Waals surface area contributed by atoms with Crippen LogP contribution in [0.25, 0.3) is 0 Å². The lowest BCUT2D eigenvalue weighted by molar-refractivity contribution is 0.0720. The molecule has 0 bridgehead atoms. The number of hydrogen-bond donors (Lipinski definition) is 2. The van der Waals surface area contributed by atoms with E-state index >= 15 is 0 Å². The fraction of sp³-hybridized carbons (Fsp3) is 1.00. The molecule has 2 aliphatic rings. The van der Waals surface area contributed by atoms with Gasteiger partial charge in [0.2, 0.25) is 0 Å². The van der Waals surface area contributed by atoms with Crippen molar-refractivity contribution < 1.29 is 14.6 Å². The summed E-state index contributed by atoms with van der Waals surface area (Å²) in [5, 5.41) is 13.0. The molecular weight excluding hydrogens is 182 g/mol. The molecule has 0 radical (unpaired) electrons. The van der Waals surface area contributed by atoms with Crippen molar-refractivity contribution in [1.82, 2.24) is 5.32 Å². The number of aliphatic hydroxyl groups is 1. The summed E-state index contributed by atoms with van der Waals surface area (Å²) < 4.78 is 10.6. The lowest BCUT2D eigenvalue weighted by Gasteiger charge is -2.24. The molecule has 2 N–H and O–H groups in total. The number of aliphatic hydroxyl groups excluding tert-OH is 1. The first-order valence-corrected chi connectivity index (χ1v) is 5.36. The maximum Gasteiger partial charge on any atom is 0.0948 e. The highest BCUT2D eigenvalue weighted by Gasteiger charge is 2.33. The standard InChI is InChI=1S/C10H19NO3/c1-13-10-4-2-3-7(10)11-8-5-14-6-9(8)12/h7-12H,2-6H2,1H3/t7-,8?,9-,10-/m1/s1. The Morgan fingerprint density at radius 3 is 2.79 bits per heavy atom. The van der Waals surface area contributed by atoms with E-state index in [1.807, 2.05) is 0 Å². The monoisotopic (exact) mass is 201 g/mol. The molecule has 4 nitrogen and oxygen atoms in total. The molecule has 1 aliphatic carbocycles. The molecule has 1 saturated heterocycles. The minimum Gasteiger partial charge on any atom is -0.389 e. The molecule has 0 spiro atoms. The van der Waals surface area contributed by atoms with Crippen molar-refractivity contribution in [2.45, 2.75) is 43.6 Å². The Morgan fingerprint density at radius 2 is 2.14 bits per heavy atom. The molecule has 2 rings (SSSR count). The first kappa shape index (κ1) is 10.4. The Bertz CT molecular complexity index is 188. The van der Waals surface area contributed by atoms with Crippen molar-refractivity contribution >= 4 is 0 Å². The summed E-state index contributed by atoms with van der Waals surface area (Å²) in [6.07, 6.45) is 3.43. The first-order chi connectivity index (χ1) is 6.81. The number of nitrogens with one attached hydrogen (secondary N) is 1. The molecule has 1 saturated carbocycles. The van der Waals surface area contributed by atoms with Gasteiger partial charge in [-0.1, -0.05) is 0 Å². The van der Waals surface area contributed by atoms with Crippen LogP contribution in [0.5, 0.6) is 0 Å². The van der Waals surface area contributed by atoms with Crippen molar-refractivity contribution in [2.24, 2.45) is 0 Å². The minimum absolute atomic E-state index is 0.0933. The molecule has 0 amide bonds. The van der Waals surface area contributed by atoms with Crippen molar-refractivity contribution in [1.29, 1.82) is 0 Å². The van der Waals surface area contributed by atoms with Gasteiger partial charge in [-0.2, -0.15) is 0 Å². The lowest BCUT2D eigenvalue weighted by atomic mass is 10.1. The van der Waals surface area contributed by atoms with E-state index in [1.54, 1.807) is 7.11 Å². The van der Waals surface area contributed by atoms with Gasteiger partial charge in [-0.3, -0.25) is 0 Å². The number of hydrogen-bond acceptors (Lipinski definition) is 4. The van der Waals surface area contributed by atoms with Crippen LogP contribution in [0.1, 0.15) is 19.3 Å². The largest absolute Gasteiger partial charge is 0.389 e. The van der Waals surface area contributed by atoms with Gasteiger partial charge >= 0.3 is 0 Å². The topological polar surface area (TPSA) is 50.7 Å². The zero-order valence-electron chi connectivity index (χ0n) is 8.61. The van der Waals surface area contributed by atoms with Gasteiger partial charge in [-0.25, -0.2) is 0 Å². The zero-order valence-corrected chi connectivity index (χ0v) is 8.61. The summed E-state index contributed by atoms with van der Waals surface area (Å²) in [6.45, 7) is 1.08. The van der Waals surface area contributed by atoms with Crippen molar-refractivity contribution in [3.8, 4) is 0 Å². The van der Waals surface area contributed by atoms with Crippen LogP contribution in [0.2, 0.25) is 0 Å². The summed E-state index contributed by atoms with van der Waals surface area (Å²) in [5.41, 5.74) is 0. The highest BCUT2D eigenvalue weighted by atomic mass is 16.5. The maximum atomic E-state index is 9.58. The molecule has 0 aromatic carbocycles. The highest BCUT2D eigenvalue weighted by molar-refractivity contribution is 4.90. The predicted molar refractivity (Wildman–Crippen MR) is 52.2 cm³/mol. The van der Waals surface area contributed by atoms with E-state index in [-0.39, 0.29) is 12.1 Å². The average Bonchev–Trinajstić information content (AvgIpc) is 2.77. The second-order valence-corrected chi connectivity index (χ2v) is 4.19. The molecule has 4 heteroatoms. The zero-order chi connectivity index (χ0) is 9.97. The van der Waals surface area contributed by atoms with Crippen LogP contribution in [0.3, 0.4) is 0 Å². The molecule has 14 heavy (non-hydrogen) atoms. The molecule has 82 valence electrons. The van der Waals surface area contributed by atoms with Crippen molar-refractivity contribution in [3.05, 3.63) is 0 Å². The molecule has 1 heterocycles. The van der Waals surface area contributed by atoms with E-state index < -0.39 is 0 Å². The smallest absolute Gasteiger partial charge is 0.0948 e. The van der Waals surface area contributed by atoms with Gasteiger partial charge in [0.15, 0.2) is 0 Å². The van der Waals surface area contributed by atoms with E-state index in [0.717, 1.165) is 12.8 Å². The molecule has 1 unspecified atom stereocenters. The molecule has 4 atom stereocenters. The lowest BCUT2D eigenvalue weighted by Crippen LogP contribution is -2.48. The van der Waals surface area contributed by atoms with E-state index in [9.17, 15) is 5.11 Å². The number of methoxy groups -OCH3 is 1. The molecular formula is C10H19NO3. The Morgan fingerprint density at radius 1 is 1.29 bits per heavy atom. The quantitative estimate of drug-likeness (QED) is 0.669. The third-order valence-corrected chi connectivity index (χ3v) is 3.23. The second kappa shape index (κ2) is 4.57. The fourth-order valence-corrected chi connectivity index (χ4v) is 2.38. The van der Waals surface area contributed by atoms with Crippen LogP contribution < -0.4 is 5.32 Å². The fourth-order valence-electron chi connectivity index (χ4n) is 2.38. The second-order valence-electron chi connectivity index (χ2n) is 4.19. The van der Waals surface area contributed by atoms with Gasteiger partial charge in [-0.15, -0.1) is 0 Å². The van der Waals surface area contributed by atoms with Gasteiger partial charge in [0.1, 0.15) is 0 Å². The van der Waals surface area contributed by atoms with E-state index in [1.165, 1.54) is 6.42 Å². The summed E-state index contributed by atoms with van der Waals surface area (Å²) in [4.78, 5) is 0. The van der Waals surface area contributed by atoms with Crippen molar-refractivity contribution in [3.63, 3.8) is 0 Å². The van der Waals surface area contributed by atoms with Crippen LogP contribution in [-0.4, -0.2) is 49.7 Å². The minimum atomic E-state index is -0.354. The van der Waals surface area contributed by atoms with Gasteiger partial charge in [0.25, 0.3) is 0 Å². The molecule has 2 fully saturated rings. The van der Waals surface area contributed by atoms with E-state index in [4.69, 9.17) is 9.47 Å². The van der Waals surface area contributed by atoms with Gasteiger partial charge in [0.05, 0.1) is 31.5 Å². The first-order valence-electron chi connectivity index (χ1n) is 5.36. The van der Waals surface area contributed by atoms with Gasteiger partial charge in [0, 0.05) is 13.2 Å². The SMILES string of the molecule is CO[C@@H]1CCC[C@H]1NC1COC[C@H]1O. The summed E-state index contributed by atoms with van der Waals surface area (Å²) in [5.74, 6) is 0. The number of rotatable bonds is 3. The predicted octanol–water partition coefficient (Wildman–Crippen LogP) is -0.0968. The summed E-state index contributed by atoms with van der Waals surface area (Å²) in [6, 6.07) is 0.483. The molecule has 0 aromatic heterocycles. The van der Waals surface area contributed by atoms with Crippen LogP contribution >= 0.6 is 0 Å². The Balaban J connectivity index is 1.83. The van der Waals surface area contributed by atoms with Crippen LogP contribution in [0, 0.1) is 0 Å². The van der Waals surface area contributed by atoms with Crippen molar-refractivity contribution in [2.75, 3.05) is 20.3 Å². The van der Waals surface area contributed by atoms with Crippen LogP contribution in [0.15, 0.2) is 0 Å². The highest BCUT2D eigenvalue weighted by Crippen LogP contribution is 2.22. The average molecular weight is 201 g/mol. The van der Waals surface area contributed by atoms with Crippen LogP contribution in [-0.2, 0) is 9.47 Å².